The van der Waals surface area contributed by atoms with Crippen LogP contribution in [0.2, 0.25) is 0 Å². The highest BCUT2D eigenvalue weighted by Crippen LogP contribution is 2.78. The molecule has 8 nitrogen and oxygen atoms in total. The summed E-state index contributed by atoms with van der Waals surface area (Å²) in [5.41, 5.74) is 1.64. The minimum Gasteiger partial charge on any atom is -0.393 e. The molecular weight excluding hydrogens is 457 g/mol. The molecule has 2 aromatic heterocycles. The third-order valence-electron chi connectivity index (χ3n) is 8.77. The first-order chi connectivity index (χ1) is 16.3. The number of carbonyl (C=O) groups is 1. The van der Waals surface area contributed by atoms with E-state index in [4.69, 9.17) is 5.26 Å². The van der Waals surface area contributed by atoms with Crippen LogP contribution in [0.4, 0.5) is 10.1 Å². The van der Waals surface area contributed by atoms with E-state index >= 15 is 0 Å². The Hall–Kier alpha value is -2.45. The van der Waals surface area contributed by atoms with E-state index in [-0.39, 0.29) is 29.3 Å². The number of aliphatic hydroxyl groups is 2. The zero-order valence-corrected chi connectivity index (χ0v) is 19.6. The van der Waals surface area contributed by atoms with Gasteiger partial charge >= 0.3 is 0 Å². The van der Waals surface area contributed by atoms with Crippen molar-refractivity contribution in [2.24, 2.45) is 17.3 Å². The molecule has 0 bridgehead atoms. The number of halogens is 1. The molecule has 6 rings (SSSR count). The van der Waals surface area contributed by atoms with Gasteiger partial charge in [-0.05, 0) is 74.4 Å². The summed E-state index contributed by atoms with van der Waals surface area (Å²) >= 11 is 1.57. The number of anilines is 1. The summed E-state index contributed by atoms with van der Waals surface area (Å²) in [6, 6.07) is 4.55. The zero-order valence-electron chi connectivity index (χ0n) is 18.8. The number of nitrogens with one attached hydrogen (secondary N) is 2. The van der Waals surface area contributed by atoms with Gasteiger partial charge in [0.2, 0.25) is 5.95 Å². The molecule has 4 N–H and O–H groups in total. The number of nitrogens with zero attached hydrogens (tertiary/aromatic N) is 3. The van der Waals surface area contributed by atoms with Crippen LogP contribution in [0.5, 0.6) is 0 Å². The van der Waals surface area contributed by atoms with Crippen molar-refractivity contribution in [3.8, 4) is 6.07 Å². The molecule has 1 aliphatic heterocycles. The van der Waals surface area contributed by atoms with E-state index in [0.29, 0.717) is 30.0 Å². The minimum atomic E-state index is -0.917. The van der Waals surface area contributed by atoms with Gasteiger partial charge in [-0.15, -0.1) is 0 Å². The molecule has 0 aromatic carbocycles. The molecule has 5 unspecified atom stereocenters. The van der Waals surface area contributed by atoms with E-state index in [2.05, 4.69) is 15.0 Å². The van der Waals surface area contributed by atoms with Gasteiger partial charge in [0.15, 0.2) is 0 Å². The first-order valence-electron chi connectivity index (χ1n) is 11.7. The van der Waals surface area contributed by atoms with Crippen LogP contribution in [0, 0.1) is 41.5 Å². The molecular formula is C24H26FN5O3S. The second-order valence-corrected chi connectivity index (χ2v) is 10.9. The van der Waals surface area contributed by atoms with E-state index < -0.39 is 11.5 Å². The van der Waals surface area contributed by atoms with Gasteiger partial charge in [0.05, 0.1) is 12.2 Å². The smallest absolute Gasteiger partial charge is 0.272 e. The standard InChI is InChI=1S/C24H26FN5O3S/c1-12-20(22(32)28-13-7-14(10-26)27-18(25)8-13)30-6-2-3-17(30)21(12)34-29-19-15-4-5-24(15)16(19)9-23(24,33)11-31/h7-8,15-16,19,29,31,33H,2-6,9,11H2,1H3,(H,27,28,32). The first-order valence-corrected chi connectivity index (χ1v) is 12.5. The molecule has 3 saturated carbocycles. The first kappa shape index (κ1) is 22.0. The summed E-state index contributed by atoms with van der Waals surface area (Å²) in [5.74, 6) is -0.393. The van der Waals surface area contributed by atoms with Crippen LogP contribution in [-0.2, 0) is 13.0 Å². The number of nitriles is 1. The number of aromatic nitrogens is 2. The molecule has 178 valence electrons. The van der Waals surface area contributed by atoms with Gasteiger partial charge in [-0.1, -0.05) is 0 Å². The van der Waals surface area contributed by atoms with Crippen LogP contribution < -0.4 is 10.0 Å². The van der Waals surface area contributed by atoms with Gasteiger partial charge in [0.25, 0.3) is 5.91 Å². The Kier molecular flexibility index (Phi) is 4.88. The number of carbonyl (C=O) groups excluding carboxylic acids is 1. The summed E-state index contributed by atoms with van der Waals surface area (Å²) in [7, 11) is 0. The Morgan fingerprint density at radius 2 is 2.26 bits per heavy atom. The number of hydrogen-bond acceptors (Lipinski definition) is 7. The maximum Gasteiger partial charge on any atom is 0.272 e. The van der Waals surface area contributed by atoms with Crippen molar-refractivity contribution in [3.63, 3.8) is 0 Å². The fourth-order valence-corrected chi connectivity index (χ4v) is 8.31. The minimum absolute atomic E-state index is 0.0930. The van der Waals surface area contributed by atoms with Crippen molar-refractivity contribution in [2.75, 3.05) is 11.9 Å². The van der Waals surface area contributed by atoms with Crippen molar-refractivity contribution >= 4 is 23.5 Å². The van der Waals surface area contributed by atoms with Crippen LogP contribution >= 0.6 is 11.9 Å². The number of rotatable bonds is 6. The second-order valence-electron chi connectivity index (χ2n) is 10.1. The van der Waals surface area contributed by atoms with Crippen molar-refractivity contribution in [2.45, 2.75) is 62.1 Å². The molecule has 3 heterocycles. The predicted octanol–water partition coefficient (Wildman–Crippen LogP) is 2.52. The van der Waals surface area contributed by atoms with Crippen molar-refractivity contribution in [3.05, 3.63) is 40.7 Å². The van der Waals surface area contributed by atoms with E-state index in [0.717, 1.165) is 54.4 Å². The van der Waals surface area contributed by atoms with Crippen molar-refractivity contribution < 1.29 is 19.4 Å². The van der Waals surface area contributed by atoms with E-state index in [1.54, 1.807) is 18.0 Å². The van der Waals surface area contributed by atoms with Crippen LogP contribution in [0.1, 0.15) is 53.1 Å². The summed E-state index contributed by atoms with van der Waals surface area (Å²) < 4.78 is 19.4. The fraction of sp³-hybridized carbons (Fsp3) is 0.542. The lowest BCUT2D eigenvalue weighted by molar-refractivity contribution is -0.365. The quantitative estimate of drug-likeness (QED) is 0.368. The summed E-state index contributed by atoms with van der Waals surface area (Å²) in [6.07, 6.45) is 4.51. The van der Waals surface area contributed by atoms with Crippen molar-refractivity contribution in [1.82, 2.24) is 14.3 Å². The molecule has 2 aromatic rings. The Balaban J connectivity index is 1.21. The van der Waals surface area contributed by atoms with E-state index in [9.17, 15) is 19.4 Å². The van der Waals surface area contributed by atoms with Gasteiger partial charge in [-0.25, -0.2) is 4.98 Å². The zero-order chi connectivity index (χ0) is 23.8. The SMILES string of the molecule is Cc1c(SNC2C3CCC34C2CC4(O)CO)c2n(c1C(=O)Nc1cc(F)nc(C#N)c1)CCC2. The van der Waals surface area contributed by atoms with E-state index in [1.165, 1.54) is 6.07 Å². The van der Waals surface area contributed by atoms with Gasteiger partial charge in [0.1, 0.15) is 17.5 Å². The summed E-state index contributed by atoms with van der Waals surface area (Å²) in [4.78, 5) is 17.7. The Morgan fingerprint density at radius 3 is 2.94 bits per heavy atom. The lowest BCUT2D eigenvalue weighted by Gasteiger charge is -2.81. The lowest BCUT2D eigenvalue weighted by atomic mass is 9.26. The molecule has 1 amide bonds. The van der Waals surface area contributed by atoms with Crippen LogP contribution in [0.3, 0.4) is 0 Å². The number of hydrogen-bond donors (Lipinski definition) is 4. The van der Waals surface area contributed by atoms with Gasteiger partial charge in [0, 0.05) is 40.3 Å². The largest absolute Gasteiger partial charge is 0.393 e. The number of aliphatic hydroxyl groups excluding tert-OH is 1. The Bertz CT molecular complexity index is 1250. The predicted molar refractivity (Wildman–Crippen MR) is 122 cm³/mol. The molecule has 0 saturated heterocycles. The topological polar surface area (TPSA) is 123 Å². The van der Waals surface area contributed by atoms with Crippen LogP contribution in [0.15, 0.2) is 17.0 Å². The maximum absolute atomic E-state index is 13.7. The normalized spacial score (nSPS) is 32.4. The highest BCUT2D eigenvalue weighted by Gasteiger charge is 2.81. The lowest BCUT2D eigenvalue weighted by Crippen LogP contribution is -2.86. The van der Waals surface area contributed by atoms with Crippen LogP contribution in [0.25, 0.3) is 0 Å². The average Bonchev–Trinajstić information content (AvgIpc) is 3.33. The number of amides is 1. The molecule has 3 aliphatic carbocycles. The maximum atomic E-state index is 13.7. The van der Waals surface area contributed by atoms with Gasteiger partial charge in [-0.2, -0.15) is 9.65 Å². The molecule has 0 radical (unpaired) electrons. The third-order valence-corrected chi connectivity index (χ3v) is 9.91. The second kappa shape index (κ2) is 7.52. The third kappa shape index (κ3) is 2.75. The number of pyridine rings is 1. The van der Waals surface area contributed by atoms with Crippen LogP contribution in [-0.4, -0.2) is 43.9 Å². The highest BCUT2D eigenvalue weighted by molar-refractivity contribution is 7.97. The molecule has 5 atom stereocenters. The average molecular weight is 484 g/mol. The Morgan fingerprint density at radius 1 is 1.44 bits per heavy atom. The highest BCUT2D eigenvalue weighted by atomic mass is 32.2. The van der Waals surface area contributed by atoms with Gasteiger partial charge < -0.3 is 20.1 Å². The monoisotopic (exact) mass is 483 g/mol. The fourth-order valence-electron chi connectivity index (χ4n) is 7.15. The molecule has 34 heavy (non-hydrogen) atoms. The van der Waals surface area contributed by atoms with E-state index in [1.807, 2.05) is 11.5 Å². The molecule has 1 spiro atoms. The Labute approximate surface area is 200 Å². The van der Waals surface area contributed by atoms with Crippen molar-refractivity contribution in [1.29, 1.82) is 5.26 Å². The molecule has 4 aliphatic rings. The number of fused-ring (bicyclic) bond motifs is 1. The molecule has 10 heteroatoms. The summed E-state index contributed by atoms with van der Waals surface area (Å²) in [5, 5.41) is 32.2. The summed E-state index contributed by atoms with van der Waals surface area (Å²) in [6.45, 7) is 2.51. The molecule has 3 fully saturated rings. The van der Waals surface area contributed by atoms with Gasteiger partial charge in [-0.3, -0.25) is 9.52 Å².